The van der Waals surface area contributed by atoms with E-state index in [-0.39, 0.29) is 6.10 Å². The summed E-state index contributed by atoms with van der Waals surface area (Å²) in [6.07, 6.45) is 5.26. The maximum absolute atomic E-state index is 10.0. The number of benzene rings is 1. The minimum absolute atomic E-state index is 0.283. The molecule has 0 aliphatic heterocycles. The monoisotopic (exact) mass is 234 g/mol. The molecule has 0 radical (unpaired) electrons. The normalized spacial score (nSPS) is 13.0. The van der Waals surface area contributed by atoms with Gasteiger partial charge in [-0.15, -0.1) is 0 Å². The van der Waals surface area contributed by atoms with Crippen molar-refractivity contribution in [2.75, 3.05) is 0 Å². The fourth-order valence-electron chi connectivity index (χ4n) is 2.10. The zero-order valence-electron chi connectivity index (χ0n) is 11.4. The third-order valence-corrected chi connectivity index (χ3v) is 3.09. The lowest BCUT2D eigenvalue weighted by molar-refractivity contribution is 0.163. The molecule has 1 nitrogen and oxygen atoms in total. The lowest BCUT2D eigenvalue weighted by atomic mass is 9.98. The summed E-state index contributed by atoms with van der Waals surface area (Å²) < 4.78 is 0. The van der Waals surface area contributed by atoms with Crippen LogP contribution in [0.25, 0.3) is 0 Å². The van der Waals surface area contributed by atoms with Crippen molar-refractivity contribution in [1.82, 2.24) is 0 Å². The third kappa shape index (κ3) is 5.36. The molecule has 1 heteroatoms. The van der Waals surface area contributed by atoms with Crippen LogP contribution in [0.2, 0.25) is 0 Å². The molecule has 0 fully saturated rings. The van der Waals surface area contributed by atoms with Gasteiger partial charge in [0.05, 0.1) is 6.10 Å². The van der Waals surface area contributed by atoms with Crippen LogP contribution in [0.15, 0.2) is 24.3 Å². The van der Waals surface area contributed by atoms with Crippen LogP contribution in [0.5, 0.6) is 0 Å². The van der Waals surface area contributed by atoms with Crippen LogP contribution in [0.4, 0.5) is 0 Å². The van der Waals surface area contributed by atoms with Crippen molar-refractivity contribution in [2.24, 2.45) is 5.92 Å². The van der Waals surface area contributed by atoms with Crippen molar-refractivity contribution in [3.8, 4) is 0 Å². The largest absolute Gasteiger partial charge is 0.388 e. The van der Waals surface area contributed by atoms with Crippen LogP contribution in [0, 0.1) is 5.92 Å². The molecule has 0 saturated heterocycles. The Morgan fingerprint density at radius 3 is 2.24 bits per heavy atom. The fourth-order valence-corrected chi connectivity index (χ4v) is 2.10. The molecule has 1 rings (SSSR count). The Morgan fingerprint density at radius 2 is 1.71 bits per heavy atom. The molecule has 0 aliphatic rings. The summed E-state index contributed by atoms with van der Waals surface area (Å²) in [6.45, 7) is 6.65. The Labute approximate surface area is 106 Å². The van der Waals surface area contributed by atoms with Crippen molar-refractivity contribution >= 4 is 0 Å². The van der Waals surface area contributed by atoms with E-state index in [0.717, 1.165) is 24.8 Å². The number of hydrogen-bond donors (Lipinski definition) is 1. The highest BCUT2D eigenvalue weighted by Crippen LogP contribution is 2.20. The Bertz CT molecular complexity index is 300. The average molecular weight is 234 g/mol. The van der Waals surface area contributed by atoms with Gasteiger partial charge in [0.2, 0.25) is 0 Å². The Morgan fingerprint density at radius 1 is 1.06 bits per heavy atom. The van der Waals surface area contributed by atoms with Gasteiger partial charge in [-0.05, 0) is 29.9 Å². The molecule has 1 unspecified atom stereocenters. The smallest absolute Gasteiger partial charge is 0.0790 e. The Balaban J connectivity index is 2.48. The molecule has 0 amide bonds. The molecular weight excluding hydrogens is 208 g/mol. The van der Waals surface area contributed by atoms with Gasteiger partial charge in [-0.25, -0.2) is 0 Å². The summed E-state index contributed by atoms with van der Waals surface area (Å²) >= 11 is 0. The quantitative estimate of drug-likeness (QED) is 0.689. The van der Waals surface area contributed by atoms with Crippen molar-refractivity contribution in [3.63, 3.8) is 0 Å². The molecule has 1 N–H and O–H groups in total. The number of aliphatic hydroxyl groups excluding tert-OH is 1. The Hall–Kier alpha value is -0.820. The van der Waals surface area contributed by atoms with Crippen molar-refractivity contribution in [1.29, 1.82) is 0 Å². The average Bonchev–Trinajstić information content (AvgIpc) is 2.29. The number of rotatable bonds is 7. The lowest BCUT2D eigenvalue weighted by Crippen LogP contribution is -1.99. The maximum atomic E-state index is 10.0. The van der Waals surface area contributed by atoms with Gasteiger partial charge in [0.1, 0.15) is 0 Å². The highest BCUT2D eigenvalue weighted by molar-refractivity contribution is 5.24. The highest BCUT2D eigenvalue weighted by atomic mass is 16.3. The second-order valence-corrected chi connectivity index (χ2v) is 5.35. The van der Waals surface area contributed by atoms with E-state index in [1.165, 1.54) is 18.4 Å². The first-order chi connectivity index (χ1) is 8.13. The molecule has 0 saturated carbocycles. The van der Waals surface area contributed by atoms with Crippen LogP contribution in [-0.4, -0.2) is 5.11 Å². The molecule has 17 heavy (non-hydrogen) atoms. The standard InChI is InChI=1S/C16H26O/c1-4-5-6-7-16(17)15-10-8-14(9-11-15)12-13(2)3/h8-11,13,16-17H,4-7,12H2,1-3H3. The summed E-state index contributed by atoms with van der Waals surface area (Å²) in [4.78, 5) is 0. The van der Waals surface area contributed by atoms with Crippen LogP contribution in [0.1, 0.15) is 63.7 Å². The zero-order chi connectivity index (χ0) is 12.7. The van der Waals surface area contributed by atoms with Gasteiger partial charge in [-0.1, -0.05) is 64.3 Å². The molecule has 1 atom stereocenters. The van der Waals surface area contributed by atoms with E-state index < -0.39 is 0 Å². The summed E-state index contributed by atoms with van der Waals surface area (Å²) in [5.41, 5.74) is 2.43. The van der Waals surface area contributed by atoms with E-state index in [4.69, 9.17) is 0 Å². The van der Waals surface area contributed by atoms with E-state index in [2.05, 4.69) is 45.0 Å². The van der Waals surface area contributed by atoms with E-state index in [1.807, 2.05) is 0 Å². The van der Waals surface area contributed by atoms with Gasteiger partial charge in [-0.3, -0.25) is 0 Å². The molecule has 1 aromatic carbocycles. The van der Waals surface area contributed by atoms with Gasteiger partial charge < -0.3 is 5.11 Å². The summed E-state index contributed by atoms with van der Waals surface area (Å²) in [7, 11) is 0. The first-order valence-corrected chi connectivity index (χ1v) is 6.90. The first kappa shape index (κ1) is 14.2. The number of hydrogen-bond acceptors (Lipinski definition) is 1. The third-order valence-electron chi connectivity index (χ3n) is 3.09. The van der Waals surface area contributed by atoms with Crippen molar-refractivity contribution in [3.05, 3.63) is 35.4 Å². The summed E-state index contributed by atoms with van der Waals surface area (Å²) in [6, 6.07) is 8.46. The summed E-state index contributed by atoms with van der Waals surface area (Å²) in [5.74, 6) is 0.690. The summed E-state index contributed by atoms with van der Waals surface area (Å²) in [5, 5.41) is 10.0. The maximum Gasteiger partial charge on any atom is 0.0790 e. The molecule has 0 heterocycles. The molecule has 1 aromatic rings. The second kappa shape index (κ2) is 7.50. The van der Waals surface area contributed by atoms with Crippen molar-refractivity contribution in [2.45, 2.75) is 59.0 Å². The second-order valence-electron chi connectivity index (χ2n) is 5.35. The predicted octanol–water partition coefficient (Wildman–Crippen LogP) is 4.50. The molecular formula is C16H26O. The molecule has 0 aliphatic carbocycles. The first-order valence-electron chi connectivity index (χ1n) is 6.90. The van der Waals surface area contributed by atoms with E-state index in [1.54, 1.807) is 0 Å². The molecule has 0 spiro atoms. The molecule has 0 aromatic heterocycles. The number of unbranched alkanes of at least 4 members (excludes halogenated alkanes) is 2. The van der Waals surface area contributed by atoms with Gasteiger partial charge in [0.15, 0.2) is 0 Å². The zero-order valence-corrected chi connectivity index (χ0v) is 11.4. The van der Waals surface area contributed by atoms with Gasteiger partial charge in [0, 0.05) is 0 Å². The minimum atomic E-state index is -0.283. The highest BCUT2D eigenvalue weighted by Gasteiger charge is 2.07. The predicted molar refractivity (Wildman–Crippen MR) is 74.1 cm³/mol. The fraction of sp³-hybridized carbons (Fsp3) is 0.625. The SMILES string of the molecule is CCCCCC(O)c1ccc(CC(C)C)cc1. The topological polar surface area (TPSA) is 20.2 Å². The van der Waals surface area contributed by atoms with E-state index in [9.17, 15) is 5.11 Å². The van der Waals surface area contributed by atoms with E-state index in [0.29, 0.717) is 5.92 Å². The van der Waals surface area contributed by atoms with Crippen molar-refractivity contribution < 1.29 is 5.11 Å². The molecule has 0 bridgehead atoms. The Kier molecular flexibility index (Phi) is 6.28. The van der Waals surface area contributed by atoms with Gasteiger partial charge >= 0.3 is 0 Å². The van der Waals surface area contributed by atoms with Crippen LogP contribution >= 0.6 is 0 Å². The minimum Gasteiger partial charge on any atom is -0.388 e. The van der Waals surface area contributed by atoms with Crippen LogP contribution < -0.4 is 0 Å². The van der Waals surface area contributed by atoms with E-state index >= 15 is 0 Å². The van der Waals surface area contributed by atoms with Crippen LogP contribution in [-0.2, 0) is 6.42 Å². The molecule has 96 valence electrons. The number of aliphatic hydroxyl groups is 1. The van der Waals surface area contributed by atoms with Gasteiger partial charge in [-0.2, -0.15) is 0 Å². The lowest BCUT2D eigenvalue weighted by Gasteiger charge is -2.12. The van der Waals surface area contributed by atoms with Crippen LogP contribution in [0.3, 0.4) is 0 Å². The van der Waals surface area contributed by atoms with Gasteiger partial charge in [0.25, 0.3) is 0 Å².